The number of hydrogen-bond acceptors (Lipinski definition) is 3. The van der Waals surface area contributed by atoms with Crippen LogP contribution in [0.15, 0.2) is 22.8 Å². The minimum atomic E-state index is 0.629. The lowest BCUT2D eigenvalue weighted by Gasteiger charge is -2.22. The molecule has 0 amide bonds. The minimum absolute atomic E-state index is 0.629. The second-order valence-electron chi connectivity index (χ2n) is 3.84. The summed E-state index contributed by atoms with van der Waals surface area (Å²) in [5, 5.41) is 3.37. The summed E-state index contributed by atoms with van der Waals surface area (Å²) in [5.41, 5.74) is 0. The highest BCUT2D eigenvalue weighted by atomic mass is 79.9. The van der Waals surface area contributed by atoms with Gasteiger partial charge in [0.1, 0.15) is 0 Å². The molecule has 1 fully saturated rings. The molecule has 2 heterocycles. The fraction of sp³-hybridized carbons (Fsp3) is 0.545. The van der Waals surface area contributed by atoms with Crippen LogP contribution in [0.25, 0.3) is 0 Å². The molecule has 15 heavy (non-hydrogen) atoms. The Labute approximate surface area is 98.4 Å². The molecule has 1 N–H and O–H groups in total. The molecule has 2 rings (SSSR count). The highest BCUT2D eigenvalue weighted by molar-refractivity contribution is 9.10. The molecule has 1 aliphatic rings. The van der Waals surface area contributed by atoms with Crippen molar-refractivity contribution in [3.8, 4) is 5.88 Å². The molecule has 4 heteroatoms. The molecule has 0 bridgehead atoms. The molecule has 1 aliphatic heterocycles. The zero-order chi connectivity index (χ0) is 10.5. The van der Waals surface area contributed by atoms with Crippen molar-refractivity contribution >= 4 is 15.9 Å². The van der Waals surface area contributed by atoms with E-state index in [0.29, 0.717) is 11.8 Å². The van der Waals surface area contributed by atoms with Gasteiger partial charge in [0.15, 0.2) is 0 Å². The SMILES string of the molecule is Brc1ccc(OC[C@H]2CCCNC2)nc1. The first-order valence-electron chi connectivity index (χ1n) is 5.29. The normalized spacial score (nSPS) is 21.3. The average Bonchev–Trinajstić information content (AvgIpc) is 2.30. The molecular formula is C11H15BrN2O. The Kier molecular flexibility index (Phi) is 3.97. The maximum atomic E-state index is 5.63. The van der Waals surface area contributed by atoms with Crippen molar-refractivity contribution in [2.75, 3.05) is 19.7 Å². The van der Waals surface area contributed by atoms with Crippen LogP contribution in [-0.4, -0.2) is 24.7 Å². The molecule has 82 valence electrons. The zero-order valence-corrected chi connectivity index (χ0v) is 10.2. The van der Waals surface area contributed by atoms with Gasteiger partial charge in [-0.25, -0.2) is 4.98 Å². The Morgan fingerprint density at radius 3 is 3.13 bits per heavy atom. The summed E-state index contributed by atoms with van der Waals surface area (Å²) in [6.45, 7) is 2.98. The van der Waals surface area contributed by atoms with Crippen LogP contribution in [0.3, 0.4) is 0 Å². The smallest absolute Gasteiger partial charge is 0.213 e. The molecule has 0 aromatic carbocycles. The van der Waals surface area contributed by atoms with E-state index < -0.39 is 0 Å². The lowest BCUT2D eigenvalue weighted by Crippen LogP contribution is -2.33. The molecule has 0 radical (unpaired) electrons. The summed E-state index contributed by atoms with van der Waals surface area (Å²) >= 11 is 3.35. The number of pyridine rings is 1. The van der Waals surface area contributed by atoms with E-state index in [1.54, 1.807) is 6.20 Å². The van der Waals surface area contributed by atoms with Crippen LogP contribution in [-0.2, 0) is 0 Å². The number of ether oxygens (including phenoxy) is 1. The van der Waals surface area contributed by atoms with E-state index in [4.69, 9.17) is 4.74 Å². The van der Waals surface area contributed by atoms with Crippen LogP contribution in [0.4, 0.5) is 0 Å². The largest absolute Gasteiger partial charge is 0.477 e. The Morgan fingerprint density at radius 2 is 2.47 bits per heavy atom. The molecule has 1 atom stereocenters. The fourth-order valence-corrected chi connectivity index (χ4v) is 1.95. The summed E-state index contributed by atoms with van der Waals surface area (Å²) in [6.07, 6.45) is 4.26. The predicted octanol–water partition coefficient (Wildman–Crippen LogP) is 2.22. The summed E-state index contributed by atoms with van der Waals surface area (Å²) < 4.78 is 6.61. The average molecular weight is 271 g/mol. The molecule has 0 aliphatic carbocycles. The van der Waals surface area contributed by atoms with Gasteiger partial charge >= 0.3 is 0 Å². The van der Waals surface area contributed by atoms with Gasteiger partial charge in [-0.1, -0.05) is 0 Å². The van der Waals surface area contributed by atoms with Crippen molar-refractivity contribution in [3.63, 3.8) is 0 Å². The van der Waals surface area contributed by atoms with Gasteiger partial charge in [-0.3, -0.25) is 0 Å². The summed E-state index contributed by atoms with van der Waals surface area (Å²) in [7, 11) is 0. The van der Waals surface area contributed by atoms with Gasteiger partial charge in [-0.05, 0) is 41.4 Å². The Morgan fingerprint density at radius 1 is 1.53 bits per heavy atom. The van der Waals surface area contributed by atoms with Gasteiger partial charge in [-0.15, -0.1) is 0 Å². The zero-order valence-electron chi connectivity index (χ0n) is 8.58. The lowest BCUT2D eigenvalue weighted by molar-refractivity contribution is 0.212. The van der Waals surface area contributed by atoms with Gasteiger partial charge in [0, 0.05) is 29.2 Å². The summed E-state index contributed by atoms with van der Waals surface area (Å²) in [6, 6.07) is 3.84. The number of piperidine rings is 1. The van der Waals surface area contributed by atoms with E-state index in [2.05, 4.69) is 26.2 Å². The van der Waals surface area contributed by atoms with E-state index in [9.17, 15) is 0 Å². The highest BCUT2D eigenvalue weighted by Crippen LogP contribution is 2.15. The second kappa shape index (κ2) is 5.47. The van der Waals surface area contributed by atoms with Crippen molar-refractivity contribution in [1.82, 2.24) is 10.3 Å². The standard InChI is InChI=1S/C11H15BrN2O/c12-10-3-4-11(14-7-10)15-8-9-2-1-5-13-6-9/h3-4,7,9,13H,1-2,5-6,8H2/t9-/m0/s1. The molecular weight excluding hydrogens is 256 g/mol. The first-order chi connectivity index (χ1) is 7.34. The van der Waals surface area contributed by atoms with Gasteiger partial charge in [0.05, 0.1) is 6.61 Å². The second-order valence-corrected chi connectivity index (χ2v) is 4.75. The maximum Gasteiger partial charge on any atom is 0.213 e. The predicted molar refractivity (Wildman–Crippen MR) is 63.0 cm³/mol. The first-order valence-corrected chi connectivity index (χ1v) is 6.09. The molecule has 1 aromatic rings. The van der Waals surface area contributed by atoms with E-state index in [-0.39, 0.29) is 0 Å². The number of rotatable bonds is 3. The quantitative estimate of drug-likeness (QED) is 0.915. The van der Waals surface area contributed by atoms with Crippen LogP contribution in [0.2, 0.25) is 0 Å². The third-order valence-corrected chi connectivity index (χ3v) is 3.04. The number of hydrogen-bond donors (Lipinski definition) is 1. The minimum Gasteiger partial charge on any atom is -0.477 e. The van der Waals surface area contributed by atoms with Crippen LogP contribution in [0.1, 0.15) is 12.8 Å². The van der Waals surface area contributed by atoms with Crippen molar-refractivity contribution in [1.29, 1.82) is 0 Å². The molecule has 1 saturated heterocycles. The molecule has 0 saturated carbocycles. The topological polar surface area (TPSA) is 34.1 Å². The maximum absolute atomic E-state index is 5.63. The number of nitrogens with zero attached hydrogens (tertiary/aromatic N) is 1. The highest BCUT2D eigenvalue weighted by Gasteiger charge is 2.13. The van der Waals surface area contributed by atoms with Gasteiger partial charge in [0.25, 0.3) is 0 Å². The van der Waals surface area contributed by atoms with E-state index in [1.165, 1.54) is 12.8 Å². The first kappa shape index (κ1) is 10.9. The molecule has 3 nitrogen and oxygen atoms in total. The Hall–Kier alpha value is -0.610. The lowest BCUT2D eigenvalue weighted by atomic mass is 10.0. The number of nitrogens with one attached hydrogen (secondary N) is 1. The summed E-state index contributed by atoms with van der Waals surface area (Å²) in [4.78, 5) is 4.17. The third-order valence-electron chi connectivity index (χ3n) is 2.57. The van der Waals surface area contributed by atoms with Crippen LogP contribution >= 0.6 is 15.9 Å². The summed E-state index contributed by atoms with van der Waals surface area (Å²) in [5.74, 6) is 1.34. The molecule has 1 aromatic heterocycles. The Bertz CT molecular complexity index is 296. The monoisotopic (exact) mass is 270 g/mol. The van der Waals surface area contributed by atoms with Crippen molar-refractivity contribution in [2.24, 2.45) is 5.92 Å². The fourth-order valence-electron chi connectivity index (χ4n) is 1.72. The van der Waals surface area contributed by atoms with Crippen molar-refractivity contribution in [2.45, 2.75) is 12.8 Å². The van der Waals surface area contributed by atoms with E-state index in [1.807, 2.05) is 12.1 Å². The van der Waals surface area contributed by atoms with Gasteiger partial charge < -0.3 is 10.1 Å². The van der Waals surface area contributed by atoms with Crippen LogP contribution < -0.4 is 10.1 Å². The van der Waals surface area contributed by atoms with E-state index >= 15 is 0 Å². The van der Waals surface area contributed by atoms with Crippen molar-refractivity contribution in [3.05, 3.63) is 22.8 Å². The van der Waals surface area contributed by atoms with Gasteiger partial charge in [0.2, 0.25) is 5.88 Å². The third kappa shape index (κ3) is 3.47. The number of aromatic nitrogens is 1. The van der Waals surface area contributed by atoms with Crippen LogP contribution in [0, 0.1) is 5.92 Å². The molecule has 0 spiro atoms. The van der Waals surface area contributed by atoms with Gasteiger partial charge in [-0.2, -0.15) is 0 Å². The van der Waals surface area contributed by atoms with Crippen molar-refractivity contribution < 1.29 is 4.74 Å². The number of halogens is 1. The Balaban J connectivity index is 1.79. The molecule has 0 unspecified atom stereocenters. The van der Waals surface area contributed by atoms with E-state index in [0.717, 1.165) is 24.2 Å². The van der Waals surface area contributed by atoms with Crippen LogP contribution in [0.5, 0.6) is 5.88 Å².